The van der Waals surface area contributed by atoms with Crippen molar-refractivity contribution in [1.29, 1.82) is 0 Å². The lowest BCUT2D eigenvalue weighted by atomic mass is 9.87. The van der Waals surface area contributed by atoms with Crippen molar-refractivity contribution in [2.24, 2.45) is 29.4 Å². The topological polar surface area (TPSA) is 296 Å². The number of rotatable bonds is 33. The molecule has 0 radical (unpaired) electrons. The molecule has 10 atom stereocenters. The Kier molecular flexibility index (Phi) is 30.8. The number of aromatic nitrogens is 1. The molecule has 0 aliphatic carbocycles. The zero-order valence-electron chi connectivity index (χ0n) is 51.1. The van der Waals surface area contributed by atoms with Gasteiger partial charge in [-0.1, -0.05) is 79.5 Å². The summed E-state index contributed by atoms with van der Waals surface area (Å²) in [7, 11) is 6.86. The van der Waals surface area contributed by atoms with Crippen LogP contribution in [0.3, 0.4) is 0 Å². The van der Waals surface area contributed by atoms with Gasteiger partial charge in [0.05, 0.1) is 49.3 Å². The molecule has 6 amide bonds. The van der Waals surface area contributed by atoms with Crippen LogP contribution in [0.5, 0.6) is 0 Å². The van der Waals surface area contributed by atoms with Crippen molar-refractivity contribution in [3.05, 3.63) is 36.0 Å². The molecule has 4 rings (SSSR count). The van der Waals surface area contributed by atoms with Gasteiger partial charge in [0.15, 0.2) is 0 Å². The van der Waals surface area contributed by atoms with Crippen LogP contribution in [0.15, 0.2) is 30.5 Å². The monoisotopic (exact) mass is 1200 g/mol. The number of aromatic amines is 1. The largest absolute Gasteiger partial charge is 0.490 e. The summed E-state index contributed by atoms with van der Waals surface area (Å²) in [5.41, 5.74) is 7.36. The highest BCUT2D eigenvalue weighted by atomic mass is 19.4. The Balaban J connectivity index is 0.00000247. The first kappa shape index (κ1) is 72.5. The lowest BCUT2D eigenvalue weighted by Crippen LogP contribution is -2.60. The van der Waals surface area contributed by atoms with Crippen molar-refractivity contribution in [2.75, 3.05) is 61.1 Å². The van der Waals surface area contributed by atoms with E-state index >= 15 is 0 Å². The standard InChI is InChI=1S/C57H95N9O11.C2HF3O2/c1-12-38(6)51(64(9)50(37(4)5)55(71)62-54(70)49(36(2)3)63(8)29-19-13-14-27-47(67)59-28-18-17-24-42(58)57(73)74)46(75-10)34-48(68)65-30-22-26-45(65)52(76-11)39(7)53(69)61-44(56(72)66-31-20-21-32-77-66)33-40-35-60-43-25-16-15-23-41(40)43;3-2(4,5)1(6)7/h15-16,23,25,35-39,42,44-46,49-52,60H,12-14,17-22,24,26-34,58H2,1-11H3,(H,59,67)(H,61,69)(H,73,74)(H,62,70,71);(H,6,7)/t38-,39+,42-,44-,45-,46+,49-,50-,51-,52+;/m0./s1. The van der Waals surface area contributed by atoms with Gasteiger partial charge in [-0.3, -0.25) is 53.5 Å². The molecule has 1 aromatic carbocycles. The Morgan fingerprint density at radius 3 is 2.10 bits per heavy atom. The number of likely N-dealkylation sites (tertiary alicyclic amines) is 1. The van der Waals surface area contributed by atoms with E-state index in [2.05, 4.69) is 34.8 Å². The summed E-state index contributed by atoms with van der Waals surface area (Å²) in [5, 5.41) is 27.1. The molecule has 2 aliphatic rings. The van der Waals surface area contributed by atoms with Crippen molar-refractivity contribution in [3.63, 3.8) is 0 Å². The van der Waals surface area contributed by atoms with Gasteiger partial charge in [0.25, 0.3) is 5.91 Å². The van der Waals surface area contributed by atoms with Crippen LogP contribution in [0.25, 0.3) is 10.9 Å². The maximum absolute atomic E-state index is 14.7. The van der Waals surface area contributed by atoms with Crippen LogP contribution < -0.4 is 21.7 Å². The highest BCUT2D eigenvalue weighted by Crippen LogP contribution is 2.31. The summed E-state index contributed by atoms with van der Waals surface area (Å²) < 4.78 is 44.0. The minimum absolute atomic E-state index is 0.00239. The number of unbranched alkanes of at least 4 members (excludes halogenated alkanes) is 3. The Labute approximate surface area is 493 Å². The number of imide groups is 1. The lowest BCUT2D eigenvalue weighted by molar-refractivity contribution is -0.199. The number of ether oxygens (including phenoxy) is 2. The van der Waals surface area contributed by atoms with E-state index in [0.29, 0.717) is 77.7 Å². The molecule has 22 nitrogen and oxygen atoms in total. The SMILES string of the molecule is CC[C@H](C)[C@@H]([C@@H](CC(=O)N1CCC[C@H]1[C@H](OC)[C@@H](C)C(=O)N[C@@H](Cc1c[nH]c2ccccc12)C(=O)N1CCCCO1)OC)N(C)[C@H](C(=O)NC(=O)[C@H](C(C)C)N(C)CCCCCC(=O)NCCCC[C@H](N)C(=O)O)C(C)C.O=C(O)C(F)(F)F. The molecule has 2 saturated heterocycles. The second kappa shape index (κ2) is 35.7. The van der Waals surface area contributed by atoms with Crippen LogP contribution in [0.4, 0.5) is 13.2 Å². The molecule has 0 bridgehead atoms. The third kappa shape index (κ3) is 22.0. The number of carboxylic acids is 2. The van der Waals surface area contributed by atoms with Crippen molar-refractivity contribution in [2.45, 2.75) is 193 Å². The third-order valence-corrected chi connectivity index (χ3v) is 16.1. The molecule has 3 heterocycles. The van der Waals surface area contributed by atoms with Gasteiger partial charge >= 0.3 is 18.1 Å². The summed E-state index contributed by atoms with van der Waals surface area (Å²) in [6.45, 7) is 16.0. The Morgan fingerprint density at radius 1 is 0.857 bits per heavy atom. The first-order chi connectivity index (χ1) is 39.6. The van der Waals surface area contributed by atoms with Crippen LogP contribution in [0, 0.1) is 23.7 Å². The molecule has 0 spiro atoms. The lowest BCUT2D eigenvalue weighted by Gasteiger charge is -2.43. The summed E-state index contributed by atoms with van der Waals surface area (Å²) in [6.07, 6.45) is 3.57. The molecule has 2 aliphatic heterocycles. The van der Waals surface area contributed by atoms with Crippen molar-refractivity contribution >= 4 is 58.3 Å². The summed E-state index contributed by atoms with van der Waals surface area (Å²) >= 11 is 0. The fourth-order valence-electron chi connectivity index (χ4n) is 11.5. The smallest absolute Gasteiger partial charge is 0.480 e. The molecular formula is C59H96F3N9O13. The van der Waals surface area contributed by atoms with E-state index in [1.54, 1.807) is 26.0 Å². The molecule has 2 aromatic rings. The van der Waals surface area contributed by atoms with Gasteiger partial charge in [0, 0.05) is 69.8 Å². The van der Waals surface area contributed by atoms with Gasteiger partial charge in [0.2, 0.25) is 29.5 Å². The number of likely N-dealkylation sites (N-methyl/N-ethyl adjacent to an activating group) is 2. The maximum atomic E-state index is 14.7. The first-order valence-corrected chi connectivity index (χ1v) is 29.6. The van der Waals surface area contributed by atoms with Gasteiger partial charge in [0.1, 0.15) is 12.1 Å². The predicted octanol–water partition coefficient (Wildman–Crippen LogP) is 5.66. The molecule has 1 aromatic heterocycles. The van der Waals surface area contributed by atoms with Gasteiger partial charge in [-0.05, 0) is 108 Å². The zero-order valence-corrected chi connectivity index (χ0v) is 51.1. The third-order valence-electron chi connectivity index (χ3n) is 16.1. The summed E-state index contributed by atoms with van der Waals surface area (Å²) in [6, 6.07) is 3.84. The molecule has 25 heteroatoms. The minimum atomic E-state index is -5.08. The van der Waals surface area contributed by atoms with E-state index < -0.39 is 84.3 Å². The number of benzene rings is 1. The van der Waals surface area contributed by atoms with E-state index in [1.807, 2.05) is 82.1 Å². The van der Waals surface area contributed by atoms with Crippen LogP contribution in [0.1, 0.15) is 138 Å². The number of nitrogens with one attached hydrogen (secondary N) is 4. The zero-order chi connectivity index (χ0) is 63.0. The molecule has 0 saturated carbocycles. The number of methoxy groups -OCH3 is 2. The van der Waals surface area contributed by atoms with Crippen molar-refractivity contribution in [3.8, 4) is 0 Å². The molecule has 2 fully saturated rings. The number of para-hydroxylation sites is 1. The fourth-order valence-corrected chi connectivity index (χ4v) is 11.5. The number of nitrogens with two attached hydrogens (primary N) is 1. The Morgan fingerprint density at radius 2 is 1.51 bits per heavy atom. The molecular weight excluding hydrogens is 1100 g/mol. The number of hydrogen-bond donors (Lipinski definition) is 7. The number of carbonyl (C=O) groups is 8. The second-order valence-corrected chi connectivity index (χ2v) is 23.0. The number of carbonyl (C=O) groups excluding carboxylic acids is 6. The van der Waals surface area contributed by atoms with Gasteiger partial charge < -0.3 is 45.9 Å². The number of alkyl halides is 3. The molecule has 476 valence electrons. The van der Waals surface area contributed by atoms with Gasteiger partial charge in [-0.15, -0.1) is 0 Å². The quantitative estimate of drug-likeness (QED) is 0.0424. The van der Waals surface area contributed by atoms with Crippen LogP contribution in [-0.2, 0) is 59.1 Å². The number of H-pyrrole nitrogens is 1. The Hall–Kier alpha value is -5.73. The summed E-state index contributed by atoms with van der Waals surface area (Å²) in [4.78, 5) is 118. The molecule has 0 unspecified atom stereocenters. The van der Waals surface area contributed by atoms with E-state index in [0.717, 1.165) is 48.6 Å². The maximum Gasteiger partial charge on any atom is 0.490 e. The minimum Gasteiger partial charge on any atom is -0.480 e. The number of halogens is 3. The summed E-state index contributed by atoms with van der Waals surface area (Å²) in [5.74, 6) is -6.63. The van der Waals surface area contributed by atoms with Crippen molar-refractivity contribution in [1.82, 2.24) is 40.7 Å². The average molecular weight is 1200 g/mol. The predicted molar refractivity (Wildman–Crippen MR) is 310 cm³/mol. The second-order valence-electron chi connectivity index (χ2n) is 23.0. The van der Waals surface area contributed by atoms with Gasteiger partial charge in [-0.25, -0.2) is 9.86 Å². The van der Waals surface area contributed by atoms with Crippen LogP contribution in [0.2, 0.25) is 0 Å². The van der Waals surface area contributed by atoms with Crippen LogP contribution in [-0.4, -0.2) is 198 Å². The van der Waals surface area contributed by atoms with E-state index in [1.165, 1.54) is 5.06 Å². The van der Waals surface area contributed by atoms with E-state index in [-0.39, 0.29) is 54.2 Å². The number of amides is 6. The van der Waals surface area contributed by atoms with E-state index in [4.69, 9.17) is 35.1 Å². The number of carboxylic acid groups (broad SMARTS) is 2. The number of aliphatic carboxylic acids is 2. The highest BCUT2D eigenvalue weighted by molar-refractivity contribution is 6.00. The normalized spacial score (nSPS) is 18.1. The highest BCUT2D eigenvalue weighted by Gasteiger charge is 2.45. The van der Waals surface area contributed by atoms with Crippen molar-refractivity contribution < 1.29 is 76.1 Å². The molecule has 84 heavy (non-hydrogen) atoms. The number of hydroxylamine groups is 2. The average Bonchev–Trinajstić information content (AvgIpc) is 3.83. The fraction of sp³-hybridized carbons (Fsp3) is 0.729. The first-order valence-electron chi connectivity index (χ1n) is 29.6. The van der Waals surface area contributed by atoms with E-state index in [9.17, 15) is 46.7 Å². The number of fused-ring (bicyclic) bond motifs is 1. The number of hydrogen-bond acceptors (Lipinski definition) is 14. The van der Waals surface area contributed by atoms with Gasteiger partial charge in [-0.2, -0.15) is 13.2 Å². The Bertz CT molecular complexity index is 2420. The molecule has 8 N–H and O–H groups in total. The number of nitrogens with zero attached hydrogens (tertiary/aromatic N) is 4. The van der Waals surface area contributed by atoms with Crippen LogP contribution >= 0.6 is 0 Å².